The van der Waals surface area contributed by atoms with Crippen LogP contribution in [0.25, 0.3) is 0 Å². The monoisotopic (exact) mass is 254 g/mol. The van der Waals surface area contributed by atoms with Crippen molar-refractivity contribution in [3.63, 3.8) is 0 Å². The maximum atomic E-state index is 12.3. The first-order valence-electron chi connectivity index (χ1n) is 7.37. The average Bonchev–Trinajstić information content (AvgIpc) is 2.86. The van der Waals surface area contributed by atoms with Gasteiger partial charge in [-0.1, -0.05) is 6.92 Å². The molecule has 0 aromatic rings. The van der Waals surface area contributed by atoms with Crippen molar-refractivity contribution >= 4 is 5.91 Å². The van der Waals surface area contributed by atoms with Crippen LogP contribution in [-0.2, 0) is 4.79 Å². The van der Waals surface area contributed by atoms with Gasteiger partial charge in [-0.25, -0.2) is 0 Å². The predicted molar refractivity (Wildman–Crippen MR) is 71.3 cm³/mol. The molecule has 2 atom stereocenters. The lowest BCUT2D eigenvalue weighted by molar-refractivity contribution is -0.136. The molecule has 4 nitrogen and oxygen atoms in total. The number of carbonyl (C=O) groups is 1. The summed E-state index contributed by atoms with van der Waals surface area (Å²) in [5.41, 5.74) is 0. The second-order valence-corrected chi connectivity index (χ2v) is 5.72. The van der Waals surface area contributed by atoms with Crippen molar-refractivity contribution in [2.24, 2.45) is 5.92 Å². The van der Waals surface area contributed by atoms with Crippen molar-refractivity contribution in [3.8, 4) is 0 Å². The molecule has 2 aliphatic rings. The van der Waals surface area contributed by atoms with E-state index in [9.17, 15) is 4.79 Å². The van der Waals surface area contributed by atoms with Crippen molar-refractivity contribution < 1.29 is 9.90 Å². The Bertz CT molecular complexity index is 283. The van der Waals surface area contributed by atoms with Gasteiger partial charge in [0.1, 0.15) is 0 Å². The van der Waals surface area contributed by atoms with Crippen molar-refractivity contribution in [1.82, 2.24) is 9.80 Å². The van der Waals surface area contributed by atoms with Crippen LogP contribution >= 0.6 is 0 Å². The topological polar surface area (TPSA) is 43.8 Å². The van der Waals surface area contributed by atoms with Gasteiger partial charge in [-0.2, -0.15) is 0 Å². The Hall–Kier alpha value is -0.610. The van der Waals surface area contributed by atoms with Gasteiger partial charge in [-0.3, -0.25) is 9.69 Å². The van der Waals surface area contributed by atoms with Crippen LogP contribution in [0, 0.1) is 5.92 Å². The summed E-state index contributed by atoms with van der Waals surface area (Å²) in [6.45, 7) is 5.76. The zero-order valence-electron chi connectivity index (χ0n) is 11.5. The van der Waals surface area contributed by atoms with Gasteiger partial charge in [-0.15, -0.1) is 0 Å². The van der Waals surface area contributed by atoms with Gasteiger partial charge in [0.25, 0.3) is 0 Å². The summed E-state index contributed by atoms with van der Waals surface area (Å²) in [7, 11) is 0. The Morgan fingerprint density at radius 1 is 1.28 bits per heavy atom. The Morgan fingerprint density at radius 3 is 2.78 bits per heavy atom. The number of nitrogens with zero attached hydrogens (tertiary/aromatic N) is 2. The molecule has 2 unspecified atom stereocenters. The van der Waals surface area contributed by atoms with Crippen LogP contribution in [0.15, 0.2) is 0 Å². The van der Waals surface area contributed by atoms with E-state index in [1.807, 2.05) is 0 Å². The van der Waals surface area contributed by atoms with Gasteiger partial charge in [0.2, 0.25) is 5.91 Å². The molecule has 104 valence electrons. The van der Waals surface area contributed by atoms with Gasteiger partial charge in [0.05, 0.1) is 6.54 Å². The largest absolute Gasteiger partial charge is 0.396 e. The number of piperidine rings is 1. The van der Waals surface area contributed by atoms with Gasteiger partial charge in [0, 0.05) is 25.7 Å². The quantitative estimate of drug-likeness (QED) is 0.817. The van der Waals surface area contributed by atoms with Crippen molar-refractivity contribution in [1.29, 1.82) is 0 Å². The molecule has 2 saturated heterocycles. The van der Waals surface area contributed by atoms with Gasteiger partial charge >= 0.3 is 0 Å². The van der Waals surface area contributed by atoms with Gasteiger partial charge in [-0.05, 0) is 44.6 Å². The Balaban J connectivity index is 1.83. The minimum atomic E-state index is 0.256. The Kier molecular flexibility index (Phi) is 5.01. The molecular formula is C14H26N2O2. The van der Waals surface area contributed by atoms with Crippen LogP contribution in [0.1, 0.15) is 39.0 Å². The third-order valence-electron chi connectivity index (χ3n) is 4.41. The highest BCUT2D eigenvalue weighted by Crippen LogP contribution is 2.21. The number of rotatable bonds is 4. The lowest BCUT2D eigenvalue weighted by atomic mass is 10.00. The minimum absolute atomic E-state index is 0.256. The highest BCUT2D eigenvalue weighted by molar-refractivity contribution is 5.78. The summed E-state index contributed by atoms with van der Waals surface area (Å²) in [6, 6.07) is 0.461. The average molecular weight is 254 g/mol. The molecule has 1 amide bonds. The van der Waals surface area contributed by atoms with Crippen LogP contribution in [0.4, 0.5) is 0 Å². The molecule has 0 bridgehead atoms. The number of likely N-dealkylation sites (tertiary alicyclic amines) is 2. The first-order chi connectivity index (χ1) is 8.74. The summed E-state index contributed by atoms with van der Waals surface area (Å²) < 4.78 is 0. The number of hydrogen-bond donors (Lipinski definition) is 1. The summed E-state index contributed by atoms with van der Waals surface area (Å²) in [4.78, 5) is 16.6. The van der Waals surface area contributed by atoms with Crippen LogP contribution in [0.5, 0.6) is 0 Å². The molecule has 0 spiro atoms. The number of hydrogen-bond acceptors (Lipinski definition) is 3. The maximum Gasteiger partial charge on any atom is 0.236 e. The molecule has 0 aromatic carbocycles. The second-order valence-electron chi connectivity index (χ2n) is 5.72. The van der Waals surface area contributed by atoms with E-state index in [1.165, 1.54) is 12.8 Å². The van der Waals surface area contributed by atoms with E-state index in [0.29, 0.717) is 24.4 Å². The lowest BCUT2D eigenvalue weighted by Gasteiger charge is -2.36. The Labute approximate surface area is 110 Å². The first kappa shape index (κ1) is 13.8. The number of aliphatic hydroxyl groups is 1. The molecule has 2 aliphatic heterocycles. The molecule has 1 N–H and O–H groups in total. The van der Waals surface area contributed by atoms with E-state index < -0.39 is 0 Å². The molecule has 0 radical (unpaired) electrons. The van der Waals surface area contributed by atoms with Crippen LogP contribution < -0.4 is 0 Å². The van der Waals surface area contributed by atoms with Crippen molar-refractivity contribution in [3.05, 3.63) is 0 Å². The summed E-state index contributed by atoms with van der Waals surface area (Å²) in [6.07, 6.45) is 5.69. The summed E-state index contributed by atoms with van der Waals surface area (Å²) in [5.74, 6) is 0.668. The highest BCUT2D eigenvalue weighted by Gasteiger charge is 2.29. The fraction of sp³-hybridized carbons (Fsp3) is 0.929. The molecule has 0 saturated carbocycles. The molecule has 2 heterocycles. The number of carbonyl (C=O) groups excluding carboxylic acids is 1. The molecular weight excluding hydrogens is 228 g/mol. The maximum absolute atomic E-state index is 12.3. The third-order valence-corrected chi connectivity index (χ3v) is 4.41. The molecule has 2 fully saturated rings. The zero-order chi connectivity index (χ0) is 13.0. The second kappa shape index (κ2) is 6.53. The van der Waals surface area contributed by atoms with Gasteiger partial charge in [0.15, 0.2) is 0 Å². The molecule has 0 aliphatic carbocycles. The van der Waals surface area contributed by atoms with Crippen LogP contribution in [0.3, 0.4) is 0 Å². The van der Waals surface area contributed by atoms with Gasteiger partial charge < -0.3 is 10.0 Å². The molecule has 2 rings (SSSR count). The number of aliphatic hydroxyl groups excluding tert-OH is 1. The smallest absolute Gasteiger partial charge is 0.236 e. The van der Waals surface area contributed by atoms with Crippen molar-refractivity contribution in [2.45, 2.75) is 45.1 Å². The van der Waals surface area contributed by atoms with Crippen molar-refractivity contribution in [2.75, 3.05) is 32.8 Å². The minimum Gasteiger partial charge on any atom is -0.396 e. The fourth-order valence-electron chi connectivity index (χ4n) is 3.24. The van der Waals surface area contributed by atoms with E-state index in [1.54, 1.807) is 0 Å². The fourth-order valence-corrected chi connectivity index (χ4v) is 3.24. The molecule has 18 heavy (non-hydrogen) atoms. The molecule has 4 heteroatoms. The lowest BCUT2D eigenvalue weighted by Crippen LogP contribution is -2.47. The molecule has 0 aromatic heterocycles. The van der Waals surface area contributed by atoms with E-state index in [-0.39, 0.29) is 6.61 Å². The Morgan fingerprint density at radius 2 is 2.11 bits per heavy atom. The van der Waals surface area contributed by atoms with Crippen LogP contribution in [-0.4, -0.2) is 59.6 Å². The van der Waals surface area contributed by atoms with E-state index in [0.717, 1.165) is 38.9 Å². The zero-order valence-corrected chi connectivity index (χ0v) is 11.5. The summed E-state index contributed by atoms with van der Waals surface area (Å²) in [5, 5.41) is 9.12. The predicted octanol–water partition coefficient (Wildman–Crippen LogP) is 1.09. The third kappa shape index (κ3) is 3.23. The normalized spacial score (nSPS) is 29.8. The highest BCUT2D eigenvalue weighted by atomic mass is 16.3. The first-order valence-corrected chi connectivity index (χ1v) is 7.37. The SMILES string of the molecule is CCC1CCCCN1C(=O)CN1CCC(CO)C1. The van der Waals surface area contributed by atoms with E-state index >= 15 is 0 Å². The standard InChI is InChI=1S/C14H26N2O2/c1-2-13-5-3-4-7-16(13)14(18)10-15-8-6-12(9-15)11-17/h12-13,17H,2-11H2,1H3. The van der Waals surface area contributed by atoms with Crippen LogP contribution in [0.2, 0.25) is 0 Å². The number of amides is 1. The summed E-state index contributed by atoms with van der Waals surface area (Å²) >= 11 is 0. The van der Waals surface area contributed by atoms with E-state index in [4.69, 9.17) is 5.11 Å². The van der Waals surface area contributed by atoms with E-state index in [2.05, 4.69) is 16.7 Å².